The van der Waals surface area contributed by atoms with Gasteiger partial charge >= 0.3 is 7.82 Å². The van der Waals surface area contributed by atoms with Crippen LogP contribution >= 0.6 is 7.82 Å². The average molecular weight is 350 g/mol. The average Bonchev–Trinajstić information content (AvgIpc) is 2.60. The van der Waals surface area contributed by atoms with Crippen LogP contribution in [0.1, 0.15) is 12.0 Å². The summed E-state index contributed by atoms with van der Waals surface area (Å²) in [4.78, 5) is 9.64. The Morgan fingerprint density at radius 1 is 0.920 bits per heavy atom. The number of hydrogen-bond acceptors (Lipinski definition) is 3. The van der Waals surface area contributed by atoms with Crippen molar-refractivity contribution in [2.75, 3.05) is 0 Å². The second-order valence-electron chi connectivity index (χ2n) is 6.30. The van der Waals surface area contributed by atoms with E-state index in [0.29, 0.717) is 6.42 Å². The first-order valence-corrected chi connectivity index (χ1v) is 9.60. The monoisotopic (exact) mass is 350 g/mol. The van der Waals surface area contributed by atoms with Gasteiger partial charge < -0.3 is 4.89 Å². The molecule has 1 fully saturated rings. The zero-order chi connectivity index (χ0) is 17.1. The van der Waals surface area contributed by atoms with Crippen molar-refractivity contribution in [2.24, 2.45) is 0 Å². The highest BCUT2D eigenvalue weighted by molar-refractivity contribution is 7.48. The van der Waals surface area contributed by atoms with Crippen molar-refractivity contribution in [3.63, 3.8) is 0 Å². The maximum absolute atomic E-state index is 11.8. The first kappa shape index (κ1) is 15.1. The van der Waals surface area contributed by atoms with E-state index in [1.807, 2.05) is 72.8 Å². The van der Waals surface area contributed by atoms with Crippen molar-refractivity contribution >= 4 is 30.2 Å². The summed E-state index contributed by atoms with van der Waals surface area (Å²) in [6.45, 7) is 0. The van der Waals surface area contributed by atoms with Crippen molar-refractivity contribution < 1.29 is 18.5 Å². The normalized spacial score (nSPS) is 27.6. The van der Waals surface area contributed by atoms with E-state index in [9.17, 15) is 9.46 Å². The molecule has 0 amide bonds. The molecule has 3 aromatic rings. The molecule has 4 nitrogen and oxygen atoms in total. The largest absolute Gasteiger partial charge is 0.477 e. The van der Waals surface area contributed by atoms with Crippen LogP contribution in [-0.4, -0.2) is 10.7 Å². The molecular formula is C20H15O4P. The van der Waals surface area contributed by atoms with Crippen molar-refractivity contribution in [3.05, 3.63) is 82.7 Å². The maximum Gasteiger partial charge on any atom is 0.477 e. The van der Waals surface area contributed by atoms with Gasteiger partial charge in [-0.2, -0.15) is 0 Å². The molecule has 1 N–H and O–H groups in total. The molecule has 3 aromatic carbocycles. The molecule has 124 valence electrons. The van der Waals surface area contributed by atoms with Crippen LogP contribution in [0.2, 0.25) is 0 Å². The molecule has 5 rings (SSSR count). The summed E-state index contributed by atoms with van der Waals surface area (Å²) in [6.07, 6.45) is 2.39. The van der Waals surface area contributed by atoms with Gasteiger partial charge in [-0.05, 0) is 26.8 Å². The SMILES string of the molecule is O=P1(O)OC2(CC=c3ccccc3=C2c2cccc3ccccc23)O1. The van der Waals surface area contributed by atoms with Gasteiger partial charge in [0.1, 0.15) is 0 Å². The number of benzene rings is 3. The third-order valence-corrected chi connectivity index (χ3v) is 5.84. The summed E-state index contributed by atoms with van der Waals surface area (Å²) in [5, 5.41) is 4.19. The number of phosphoric acid groups is 1. The summed E-state index contributed by atoms with van der Waals surface area (Å²) in [5.74, 6) is -1.21. The topological polar surface area (TPSA) is 55.8 Å². The van der Waals surface area contributed by atoms with E-state index in [-0.39, 0.29) is 0 Å². The molecule has 1 aliphatic heterocycles. The Labute approximate surface area is 144 Å². The van der Waals surface area contributed by atoms with Crippen molar-refractivity contribution in [2.45, 2.75) is 12.2 Å². The van der Waals surface area contributed by atoms with Crippen LogP contribution in [0.3, 0.4) is 0 Å². The van der Waals surface area contributed by atoms with E-state index in [1.165, 1.54) is 0 Å². The third kappa shape index (κ3) is 2.23. The first-order chi connectivity index (χ1) is 12.1. The van der Waals surface area contributed by atoms with Gasteiger partial charge in [-0.1, -0.05) is 72.8 Å². The van der Waals surface area contributed by atoms with Gasteiger partial charge in [-0.25, -0.2) is 13.6 Å². The number of rotatable bonds is 1. The van der Waals surface area contributed by atoms with E-state index in [1.54, 1.807) is 0 Å². The lowest BCUT2D eigenvalue weighted by molar-refractivity contribution is -0.169. The van der Waals surface area contributed by atoms with Crippen LogP contribution in [-0.2, 0) is 13.6 Å². The van der Waals surface area contributed by atoms with Gasteiger partial charge in [0, 0.05) is 12.0 Å². The Morgan fingerprint density at radius 3 is 2.48 bits per heavy atom. The van der Waals surface area contributed by atoms with Gasteiger partial charge in [0.25, 0.3) is 0 Å². The zero-order valence-electron chi connectivity index (χ0n) is 13.3. The second kappa shape index (κ2) is 5.13. The van der Waals surface area contributed by atoms with E-state index < -0.39 is 13.6 Å². The van der Waals surface area contributed by atoms with Crippen LogP contribution in [0, 0.1) is 0 Å². The fourth-order valence-corrected chi connectivity index (χ4v) is 4.88. The standard InChI is InChI=1S/C20H15O4P/c21-25(22)23-20(24-25)13-12-15-7-2-4-10-17(15)19(20)18-11-5-8-14-6-1-3-9-16(14)18/h1-12H,13H2,(H,21,22). The Bertz CT molecular complexity index is 1170. The molecule has 5 heteroatoms. The highest BCUT2D eigenvalue weighted by atomic mass is 31.2. The van der Waals surface area contributed by atoms with Crippen LogP contribution in [0.25, 0.3) is 22.4 Å². The summed E-state index contributed by atoms with van der Waals surface area (Å²) in [6, 6.07) is 22.1. The zero-order valence-corrected chi connectivity index (χ0v) is 14.1. The summed E-state index contributed by atoms with van der Waals surface area (Å²) >= 11 is 0. The molecule has 0 saturated carbocycles. The molecule has 1 saturated heterocycles. The predicted molar refractivity (Wildman–Crippen MR) is 96.0 cm³/mol. The van der Waals surface area contributed by atoms with Crippen LogP contribution in [0.15, 0.2) is 66.7 Å². The molecule has 1 heterocycles. The minimum Gasteiger partial charge on any atom is -0.302 e. The molecule has 0 aromatic heterocycles. The second-order valence-corrected chi connectivity index (χ2v) is 7.60. The molecule has 2 aliphatic rings. The number of phosphoric ester groups is 1. The summed E-state index contributed by atoms with van der Waals surface area (Å²) in [7, 11) is -3.97. The van der Waals surface area contributed by atoms with E-state index in [0.717, 1.165) is 32.3 Å². The Balaban J connectivity index is 1.90. The Morgan fingerprint density at radius 2 is 1.64 bits per heavy atom. The fourth-order valence-electron chi connectivity index (χ4n) is 3.79. The van der Waals surface area contributed by atoms with Crippen LogP contribution < -0.4 is 10.4 Å². The maximum atomic E-state index is 11.8. The summed E-state index contributed by atoms with van der Waals surface area (Å²) < 4.78 is 22.7. The van der Waals surface area contributed by atoms with E-state index >= 15 is 0 Å². The lowest BCUT2D eigenvalue weighted by Crippen LogP contribution is -2.51. The molecular weight excluding hydrogens is 335 g/mol. The quantitative estimate of drug-likeness (QED) is 0.686. The highest BCUT2D eigenvalue weighted by Crippen LogP contribution is 2.66. The van der Waals surface area contributed by atoms with Crippen molar-refractivity contribution in [3.8, 4) is 0 Å². The van der Waals surface area contributed by atoms with Crippen LogP contribution in [0.4, 0.5) is 0 Å². The minimum atomic E-state index is -3.97. The lowest BCUT2D eigenvalue weighted by Gasteiger charge is -2.45. The Hall–Kier alpha value is -2.23. The molecule has 0 radical (unpaired) electrons. The number of fused-ring (bicyclic) bond motifs is 2. The van der Waals surface area contributed by atoms with Gasteiger partial charge in [0.05, 0.1) is 0 Å². The molecule has 1 spiro atoms. The summed E-state index contributed by atoms with van der Waals surface area (Å²) in [5.41, 5.74) is 1.77. The Kier molecular flexibility index (Phi) is 3.09. The van der Waals surface area contributed by atoms with E-state index in [2.05, 4.69) is 0 Å². The molecule has 0 unspecified atom stereocenters. The van der Waals surface area contributed by atoms with Crippen molar-refractivity contribution in [1.82, 2.24) is 0 Å². The first-order valence-electron chi connectivity index (χ1n) is 8.11. The van der Waals surface area contributed by atoms with Gasteiger partial charge in [-0.3, -0.25) is 0 Å². The van der Waals surface area contributed by atoms with Gasteiger partial charge in [-0.15, -0.1) is 0 Å². The number of hydrogen-bond donors (Lipinski definition) is 1. The molecule has 1 aliphatic carbocycles. The van der Waals surface area contributed by atoms with E-state index in [4.69, 9.17) is 9.05 Å². The predicted octanol–water partition coefficient (Wildman–Crippen LogP) is 3.07. The van der Waals surface area contributed by atoms with Gasteiger partial charge in [0.15, 0.2) is 0 Å². The minimum absolute atomic E-state index is 0.396. The molecule has 0 bridgehead atoms. The molecule has 0 atom stereocenters. The van der Waals surface area contributed by atoms with Gasteiger partial charge in [0.2, 0.25) is 5.79 Å². The van der Waals surface area contributed by atoms with Crippen LogP contribution in [0.5, 0.6) is 0 Å². The highest BCUT2D eigenvalue weighted by Gasteiger charge is 2.58. The molecule has 25 heavy (non-hydrogen) atoms. The third-order valence-electron chi connectivity index (χ3n) is 4.79. The smallest absolute Gasteiger partial charge is 0.302 e. The lowest BCUT2D eigenvalue weighted by atomic mass is 9.86. The van der Waals surface area contributed by atoms with Crippen molar-refractivity contribution in [1.29, 1.82) is 0 Å². The fraction of sp³-hybridized carbons (Fsp3) is 0.100.